The summed E-state index contributed by atoms with van der Waals surface area (Å²) in [6.45, 7) is 8.67. The van der Waals surface area contributed by atoms with E-state index in [0.29, 0.717) is 5.92 Å². The molecular weight excluding hydrogens is 354 g/mol. The van der Waals surface area contributed by atoms with Gasteiger partial charge < -0.3 is 5.32 Å². The number of fused-ring (bicyclic) bond motifs is 1. The van der Waals surface area contributed by atoms with E-state index in [1.54, 1.807) is 0 Å². The van der Waals surface area contributed by atoms with Gasteiger partial charge in [-0.25, -0.2) is 0 Å². The number of hydrogen-bond acceptors (Lipinski definition) is 3. The van der Waals surface area contributed by atoms with E-state index in [0.717, 1.165) is 40.7 Å². The van der Waals surface area contributed by atoms with Gasteiger partial charge in [0.15, 0.2) is 0 Å². The molecule has 4 heteroatoms. The van der Waals surface area contributed by atoms with Gasteiger partial charge in [-0.15, -0.1) is 0 Å². The smallest absolute Gasteiger partial charge is 0.0873 e. The summed E-state index contributed by atoms with van der Waals surface area (Å²) in [6, 6.07) is 0.189. The Morgan fingerprint density at radius 2 is 2.15 bits per heavy atom. The lowest BCUT2D eigenvalue weighted by atomic mass is 9.93. The van der Waals surface area contributed by atoms with Gasteiger partial charge in [-0.05, 0) is 62.5 Å². The highest BCUT2D eigenvalue weighted by atomic mass is 35.5. The van der Waals surface area contributed by atoms with Crippen LogP contribution in [0.2, 0.25) is 0 Å². The van der Waals surface area contributed by atoms with Crippen LogP contribution in [0.3, 0.4) is 0 Å². The van der Waals surface area contributed by atoms with E-state index < -0.39 is 0 Å². The van der Waals surface area contributed by atoms with E-state index in [1.165, 1.54) is 24.1 Å². The fraction of sp³-hybridized carbons (Fsp3) is 0.391. The highest BCUT2D eigenvalue weighted by molar-refractivity contribution is 6.32. The third kappa shape index (κ3) is 3.93. The molecule has 1 N–H and O–H groups in total. The topological polar surface area (TPSA) is 36.8 Å². The molecule has 2 aliphatic heterocycles. The fourth-order valence-corrected chi connectivity index (χ4v) is 3.87. The van der Waals surface area contributed by atoms with Crippen molar-refractivity contribution in [1.29, 1.82) is 0 Å². The van der Waals surface area contributed by atoms with Crippen molar-refractivity contribution in [2.45, 2.75) is 45.6 Å². The lowest BCUT2D eigenvalue weighted by Crippen LogP contribution is -2.24. The molecule has 140 valence electrons. The predicted octanol–water partition coefficient (Wildman–Crippen LogP) is 5.60. The number of nitrogens with zero attached hydrogens (tertiary/aromatic N) is 2. The summed E-state index contributed by atoms with van der Waals surface area (Å²) in [5.41, 5.74) is 6.70. The van der Waals surface area contributed by atoms with Crippen LogP contribution in [-0.2, 0) is 0 Å². The van der Waals surface area contributed by atoms with Gasteiger partial charge in [0, 0.05) is 39.7 Å². The lowest BCUT2D eigenvalue weighted by molar-refractivity contribution is 0.620. The molecule has 0 amide bonds. The van der Waals surface area contributed by atoms with Gasteiger partial charge in [-0.2, -0.15) is 0 Å². The number of aliphatic imine (C=N–C) groups is 2. The van der Waals surface area contributed by atoms with Gasteiger partial charge in [0.25, 0.3) is 0 Å². The SMILES string of the molecule is C=C(NC1=CC(C2CC2)=NC1C)[C@@H](CC)C1=CCC2=CC=C(Cl)C=CC2=N1. The Labute approximate surface area is 166 Å². The molecule has 0 bridgehead atoms. The van der Waals surface area contributed by atoms with Crippen molar-refractivity contribution in [2.75, 3.05) is 0 Å². The molecule has 4 rings (SSSR count). The minimum absolute atomic E-state index is 0.178. The van der Waals surface area contributed by atoms with Crippen molar-refractivity contribution in [3.8, 4) is 0 Å². The summed E-state index contributed by atoms with van der Waals surface area (Å²) < 4.78 is 0. The van der Waals surface area contributed by atoms with Gasteiger partial charge in [0.05, 0.1) is 11.8 Å². The van der Waals surface area contributed by atoms with Gasteiger partial charge in [0.1, 0.15) is 0 Å². The second-order valence-corrected chi connectivity index (χ2v) is 8.06. The zero-order valence-electron chi connectivity index (χ0n) is 16.0. The minimum atomic E-state index is 0.178. The molecule has 1 fully saturated rings. The molecule has 0 saturated heterocycles. The van der Waals surface area contributed by atoms with Crippen molar-refractivity contribution >= 4 is 23.0 Å². The third-order valence-electron chi connectivity index (χ3n) is 5.54. The van der Waals surface area contributed by atoms with Crippen molar-refractivity contribution in [3.63, 3.8) is 0 Å². The van der Waals surface area contributed by atoms with Gasteiger partial charge >= 0.3 is 0 Å². The first-order valence-corrected chi connectivity index (χ1v) is 10.2. The Kier molecular flexibility index (Phi) is 5.05. The average molecular weight is 380 g/mol. The van der Waals surface area contributed by atoms with Crippen LogP contribution in [0.25, 0.3) is 0 Å². The molecule has 2 aliphatic carbocycles. The normalized spacial score (nSPS) is 25.2. The van der Waals surface area contributed by atoms with Crippen LogP contribution in [0.5, 0.6) is 0 Å². The molecule has 0 aromatic heterocycles. The second-order valence-electron chi connectivity index (χ2n) is 7.62. The monoisotopic (exact) mass is 379 g/mol. The molecule has 4 aliphatic rings. The summed E-state index contributed by atoms with van der Waals surface area (Å²) in [7, 11) is 0. The minimum Gasteiger partial charge on any atom is -0.360 e. The summed E-state index contributed by atoms with van der Waals surface area (Å²) in [6.07, 6.45) is 16.7. The first-order chi connectivity index (χ1) is 13.0. The zero-order valence-corrected chi connectivity index (χ0v) is 16.8. The number of halogens is 1. The van der Waals surface area contributed by atoms with Crippen molar-refractivity contribution < 1.29 is 0 Å². The lowest BCUT2D eigenvalue weighted by Gasteiger charge is -2.24. The summed E-state index contributed by atoms with van der Waals surface area (Å²) in [4.78, 5) is 9.72. The highest BCUT2D eigenvalue weighted by Gasteiger charge is 2.31. The maximum absolute atomic E-state index is 6.13. The van der Waals surface area contributed by atoms with E-state index in [9.17, 15) is 0 Å². The molecule has 2 heterocycles. The largest absolute Gasteiger partial charge is 0.360 e. The molecule has 0 spiro atoms. The molecule has 27 heavy (non-hydrogen) atoms. The molecule has 0 aromatic carbocycles. The maximum Gasteiger partial charge on any atom is 0.0873 e. The zero-order chi connectivity index (χ0) is 19.0. The quantitative estimate of drug-likeness (QED) is 0.640. The first-order valence-electron chi connectivity index (χ1n) is 9.83. The van der Waals surface area contributed by atoms with Gasteiger partial charge in [-0.3, -0.25) is 9.98 Å². The van der Waals surface area contributed by atoms with Gasteiger partial charge in [0.2, 0.25) is 0 Å². The number of allylic oxidation sites excluding steroid dienone is 8. The van der Waals surface area contributed by atoms with Crippen LogP contribution in [-0.4, -0.2) is 17.5 Å². The fourth-order valence-electron chi connectivity index (χ4n) is 3.75. The van der Waals surface area contributed by atoms with Crippen LogP contribution in [0.1, 0.15) is 39.5 Å². The summed E-state index contributed by atoms with van der Waals surface area (Å²) >= 11 is 6.13. The van der Waals surface area contributed by atoms with E-state index in [2.05, 4.69) is 44.0 Å². The number of rotatable bonds is 6. The number of nitrogens with one attached hydrogen (secondary N) is 1. The van der Waals surface area contributed by atoms with Crippen LogP contribution in [0, 0.1) is 11.8 Å². The van der Waals surface area contributed by atoms with Crippen LogP contribution < -0.4 is 5.32 Å². The molecule has 0 aromatic rings. The standard InChI is InChI=1S/C23H26ClN3/c1-4-19(14(2)25-22-13-23(17-5-6-17)26-15(22)3)21-11-8-16-7-9-18(24)10-12-20(16)27-21/h7,9-13,15,17,19,25H,2,4-6,8H2,1,3H3/t15?,19-/m1/s1. The van der Waals surface area contributed by atoms with Crippen molar-refractivity contribution in [1.82, 2.24) is 5.32 Å². The molecule has 2 atom stereocenters. The van der Waals surface area contributed by atoms with E-state index in [4.69, 9.17) is 21.6 Å². The molecular formula is C23H26ClN3. The third-order valence-corrected chi connectivity index (χ3v) is 5.79. The van der Waals surface area contributed by atoms with Crippen LogP contribution in [0.15, 0.2) is 80.7 Å². The Morgan fingerprint density at radius 3 is 2.89 bits per heavy atom. The van der Waals surface area contributed by atoms with Crippen molar-refractivity contribution in [3.05, 3.63) is 70.7 Å². The predicted molar refractivity (Wildman–Crippen MR) is 115 cm³/mol. The van der Waals surface area contributed by atoms with Gasteiger partial charge in [-0.1, -0.05) is 37.3 Å². The Morgan fingerprint density at radius 1 is 1.33 bits per heavy atom. The van der Waals surface area contributed by atoms with Crippen LogP contribution in [0.4, 0.5) is 0 Å². The first kappa shape index (κ1) is 18.2. The average Bonchev–Trinajstić information content (AvgIpc) is 3.45. The molecule has 1 unspecified atom stereocenters. The van der Waals surface area contributed by atoms with Crippen LogP contribution >= 0.6 is 11.6 Å². The molecule has 1 saturated carbocycles. The van der Waals surface area contributed by atoms with E-state index in [-0.39, 0.29) is 12.0 Å². The second kappa shape index (κ2) is 7.47. The Hall–Kier alpha value is -2.13. The van der Waals surface area contributed by atoms with E-state index >= 15 is 0 Å². The van der Waals surface area contributed by atoms with Crippen molar-refractivity contribution in [2.24, 2.45) is 21.8 Å². The summed E-state index contributed by atoms with van der Waals surface area (Å²) in [5, 5.41) is 4.29. The highest BCUT2D eigenvalue weighted by Crippen LogP contribution is 2.35. The molecule has 3 nitrogen and oxygen atoms in total. The Bertz CT molecular complexity index is 875. The molecule has 0 radical (unpaired) electrons. The maximum atomic E-state index is 6.13. The van der Waals surface area contributed by atoms with E-state index in [1.807, 2.05) is 18.2 Å². The summed E-state index contributed by atoms with van der Waals surface area (Å²) in [5.74, 6) is 0.860. The Balaban J connectivity index is 1.49. The number of hydrogen-bond donors (Lipinski definition) is 1.